The molecule has 0 fully saturated rings. The van der Waals surface area contributed by atoms with Crippen LogP contribution < -0.4 is 0 Å². The second-order valence-electron chi connectivity index (χ2n) is 17.1. The molecule has 0 aliphatic heterocycles. The molecule has 352 valence electrons. The van der Waals surface area contributed by atoms with Gasteiger partial charge in [0.05, 0.1) is 6.42 Å². The second-order valence-corrected chi connectivity index (χ2v) is 17.1. The van der Waals surface area contributed by atoms with Gasteiger partial charge in [-0.2, -0.15) is 0 Å². The fraction of sp³-hybridized carbons (Fsp3) is 0.764. The third kappa shape index (κ3) is 48.0. The molecular weight excluding hydrogens is 757 g/mol. The number of allylic oxidation sites excluding steroid dienone is 9. The Morgan fingerprint density at radius 2 is 0.705 bits per heavy atom. The lowest BCUT2D eigenvalue weighted by atomic mass is 10.1. The van der Waals surface area contributed by atoms with E-state index in [1.807, 2.05) is 6.08 Å². The van der Waals surface area contributed by atoms with Crippen molar-refractivity contribution in [3.05, 3.63) is 60.8 Å². The van der Waals surface area contributed by atoms with E-state index in [0.29, 0.717) is 12.8 Å². The van der Waals surface area contributed by atoms with E-state index >= 15 is 0 Å². The van der Waals surface area contributed by atoms with Crippen molar-refractivity contribution in [1.82, 2.24) is 0 Å². The van der Waals surface area contributed by atoms with Crippen LogP contribution in [-0.2, 0) is 28.6 Å². The van der Waals surface area contributed by atoms with Gasteiger partial charge < -0.3 is 14.2 Å². The predicted octanol–water partition coefficient (Wildman–Crippen LogP) is 16.9. The van der Waals surface area contributed by atoms with Crippen LogP contribution in [0.2, 0.25) is 0 Å². The molecule has 6 nitrogen and oxygen atoms in total. The Labute approximate surface area is 377 Å². The second kappa shape index (κ2) is 49.8. The zero-order valence-electron chi connectivity index (χ0n) is 40.2. The third-order valence-electron chi connectivity index (χ3n) is 11.0. The molecule has 0 saturated carbocycles. The van der Waals surface area contributed by atoms with Crippen LogP contribution >= 0.6 is 0 Å². The molecule has 1 unspecified atom stereocenters. The number of carbonyl (C=O) groups excluding carboxylic acids is 3. The quantitative estimate of drug-likeness (QED) is 0.0263. The van der Waals surface area contributed by atoms with Gasteiger partial charge in [-0.05, 0) is 83.5 Å². The molecule has 0 aromatic carbocycles. The summed E-state index contributed by atoms with van der Waals surface area (Å²) in [6.07, 6.45) is 61.0. The van der Waals surface area contributed by atoms with Crippen LogP contribution in [0, 0.1) is 0 Å². The maximum Gasteiger partial charge on any atom is 0.309 e. The van der Waals surface area contributed by atoms with E-state index in [1.165, 1.54) is 135 Å². The van der Waals surface area contributed by atoms with Crippen molar-refractivity contribution in [3.8, 4) is 0 Å². The van der Waals surface area contributed by atoms with Gasteiger partial charge >= 0.3 is 17.9 Å². The van der Waals surface area contributed by atoms with Crippen LogP contribution in [0.5, 0.6) is 0 Å². The number of unbranched alkanes of at least 4 members (excludes halogenated alkanes) is 26. The minimum Gasteiger partial charge on any atom is -0.462 e. The molecular formula is C55H96O6. The summed E-state index contributed by atoms with van der Waals surface area (Å²) < 4.78 is 16.6. The average molecular weight is 853 g/mol. The number of hydrogen-bond donors (Lipinski definition) is 0. The van der Waals surface area contributed by atoms with Crippen molar-refractivity contribution >= 4 is 17.9 Å². The fourth-order valence-corrected chi connectivity index (χ4v) is 7.14. The van der Waals surface area contributed by atoms with E-state index in [-0.39, 0.29) is 31.6 Å². The Morgan fingerprint density at radius 3 is 1.13 bits per heavy atom. The molecule has 1 atom stereocenters. The van der Waals surface area contributed by atoms with Gasteiger partial charge in [-0.25, -0.2) is 0 Å². The van der Waals surface area contributed by atoms with Gasteiger partial charge in [0.15, 0.2) is 6.10 Å². The molecule has 0 saturated heterocycles. The van der Waals surface area contributed by atoms with Gasteiger partial charge in [0.1, 0.15) is 13.2 Å². The van der Waals surface area contributed by atoms with Crippen LogP contribution in [0.1, 0.15) is 252 Å². The number of esters is 3. The van der Waals surface area contributed by atoms with Crippen LogP contribution in [-0.4, -0.2) is 37.2 Å². The summed E-state index contributed by atoms with van der Waals surface area (Å²) >= 11 is 0. The largest absolute Gasteiger partial charge is 0.462 e. The molecule has 0 aliphatic carbocycles. The van der Waals surface area contributed by atoms with Crippen molar-refractivity contribution in [1.29, 1.82) is 0 Å². The Morgan fingerprint density at radius 1 is 0.361 bits per heavy atom. The molecule has 0 amide bonds. The predicted molar refractivity (Wildman–Crippen MR) is 261 cm³/mol. The van der Waals surface area contributed by atoms with Gasteiger partial charge in [-0.15, -0.1) is 0 Å². The average Bonchev–Trinajstić information content (AvgIpc) is 3.26. The first-order valence-corrected chi connectivity index (χ1v) is 25.8. The van der Waals surface area contributed by atoms with Gasteiger partial charge in [0.25, 0.3) is 0 Å². The number of hydrogen-bond acceptors (Lipinski definition) is 6. The fourth-order valence-electron chi connectivity index (χ4n) is 7.14. The van der Waals surface area contributed by atoms with Crippen LogP contribution in [0.4, 0.5) is 0 Å². The van der Waals surface area contributed by atoms with Crippen molar-refractivity contribution in [3.63, 3.8) is 0 Å². The lowest BCUT2D eigenvalue weighted by molar-refractivity contribution is -0.166. The summed E-state index contributed by atoms with van der Waals surface area (Å²) in [5.41, 5.74) is 0. The maximum absolute atomic E-state index is 12.8. The molecule has 0 heterocycles. The molecule has 0 N–H and O–H groups in total. The van der Waals surface area contributed by atoms with Gasteiger partial charge in [-0.1, -0.05) is 210 Å². The highest BCUT2D eigenvalue weighted by Gasteiger charge is 2.19. The summed E-state index contributed by atoms with van der Waals surface area (Å²) in [6.45, 7) is 6.41. The Bertz CT molecular complexity index is 1120. The number of carbonyl (C=O) groups is 3. The van der Waals surface area contributed by atoms with Gasteiger partial charge in [-0.3, -0.25) is 14.4 Å². The van der Waals surface area contributed by atoms with Crippen molar-refractivity contribution < 1.29 is 28.6 Å². The molecule has 0 bridgehead atoms. The third-order valence-corrected chi connectivity index (χ3v) is 11.0. The van der Waals surface area contributed by atoms with E-state index in [4.69, 9.17) is 14.2 Å². The lowest BCUT2D eigenvalue weighted by Gasteiger charge is -2.18. The highest BCUT2D eigenvalue weighted by atomic mass is 16.6. The molecule has 0 radical (unpaired) electrons. The molecule has 6 heteroatoms. The van der Waals surface area contributed by atoms with Crippen molar-refractivity contribution in [2.75, 3.05) is 13.2 Å². The minimum absolute atomic E-state index is 0.108. The monoisotopic (exact) mass is 853 g/mol. The van der Waals surface area contributed by atoms with E-state index < -0.39 is 12.1 Å². The summed E-state index contributed by atoms with van der Waals surface area (Å²) in [4.78, 5) is 37.8. The highest BCUT2D eigenvalue weighted by molar-refractivity contribution is 5.72. The van der Waals surface area contributed by atoms with Gasteiger partial charge in [0.2, 0.25) is 0 Å². The first kappa shape index (κ1) is 58.1. The molecule has 61 heavy (non-hydrogen) atoms. The zero-order valence-corrected chi connectivity index (χ0v) is 40.2. The van der Waals surface area contributed by atoms with Crippen LogP contribution in [0.3, 0.4) is 0 Å². The minimum atomic E-state index is -0.815. The lowest BCUT2D eigenvalue weighted by Crippen LogP contribution is -2.30. The van der Waals surface area contributed by atoms with E-state index in [2.05, 4.69) is 69.4 Å². The first-order valence-electron chi connectivity index (χ1n) is 25.8. The van der Waals surface area contributed by atoms with E-state index in [9.17, 15) is 14.4 Å². The summed E-state index contributed by atoms with van der Waals surface area (Å²) in [7, 11) is 0. The normalized spacial score (nSPS) is 12.5. The Balaban J connectivity index is 4.37. The summed E-state index contributed by atoms with van der Waals surface area (Å²) in [5.74, 6) is -1.05. The SMILES string of the molecule is CC/C=C\C/C=C\C/C=C\CC(=O)OCC(COC(=O)CCCCCCC/C=C\CCCCCCCCCCC)OC(=O)CCCCCCC/C=C\CCCCCCCCC. The van der Waals surface area contributed by atoms with Crippen molar-refractivity contribution in [2.24, 2.45) is 0 Å². The van der Waals surface area contributed by atoms with E-state index in [0.717, 1.165) is 77.0 Å². The van der Waals surface area contributed by atoms with Gasteiger partial charge in [0, 0.05) is 12.8 Å². The molecule has 0 aromatic heterocycles. The first-order chi connectivity index (χ1) is 30.0. The van der Waals surface area contributed by atoms with E-state index in [1.54, 1.807) is 6.08 Å². The molecule has 0 spiro atoms. The Hall–Kier alpha value is -2.89. The molecule has 0 aliphatic rings. The molecule has 0 rings (SSSR count). The van der Waals surface area contributed by atoms with Crippen LogP contribution in [0.15, 0.2) is 60.8 Å². The smallest absolute Gasteiger partial charge is 0.309 e. The maximum atomic E-state index is 12.8. The van der Waals surface area contributed by atoms with Crippen LogP contribution in [0.25, 0.3) is 0 Å². The number of ether oxygens (including phenoxy) is 3. The molecule has 0 aromatic rings. The summed E-state index contributed by atoms with van der Waals surface area (Å²) in [5, 5.41) is 0. The zero-order chi connectivity index (χ0) is 44.4. The van der Waals surface area contributed by atoms with Crippen molar-refractivity contribution in [2.45, 2.75) is 258 Å². The standard InChI is InChI=1S/C55H96O6/c1-4-7-10-13-16-19-21-23-25-27-28-30-31-33-36-39-42-45-48-54(57)60-51-52(50-59-53(56)47-44-41-38-35-18-15-12-9-6-3)61-55(58)49-46-43-40-37-34-32-29-26-24-22-20-17-14-11-8-5-2/h9,12,18,26,28-30,35,41,44,52H,4-8,10-11,13-17,19-25,27,31-34,36-40,42-43,45-51H2,1-3H3/b12-9-,29-26-,30-28-,35-18-,44-41-. The summed E-state index contributed by atoms with van der Waals surface area (Å²) in [6, 6.07) is 0. The highest BCUT2D eigenvalue weighted by Crippen LogP contribution is 2.14. The Kier molecular flexibility index (Phi) is 47.4. The number of rotatable bonds is 46. The topological polar surface area (TPSA) is 78.9 Å².